The normalized spacial score (nSPS) is 19.7. The molecule has 1 aromatic carbocycles. The zero-order chi connectivity index (χ0) is 13.7. The minimum absolute atomic E-state index is 0.133. The first-order valence-corrected chi connectivity index (χ1v) is 8.10. The van der Waals surface area contributed by atoms with Gasteiger partial charge >= 0.3 is 0 Å². The van der Waals surface area contributed by atoms with Crippen LogP contribution in [0.1, 0.15) is 12.0 Å². The third-order valence-corrected chi connectivity index (χ3v) is 4.75. The highest BCUT2D eigenvalue weighted by Gasteiger charge is 2.22. The van der Waals surface area contributed by atoms with Gasteiger partial charge in [-0.2, -0.15) is 0 Å². The highest BCUT2D eigenvalue weighted by molar-refractivity contribution is 7.89. The Balaban J connectivity index is 1.76. The van der Waals surface area contributed by atoms with Gasteiger partial charge in [0.1, 0.15) is 0 Å². The molecule has 3 N–H and O–H groups in total. The lowest BCUT2D eigenvalue weighted by Gasteiger charge is -2.10. The molecule has 1 heterocycles. The maximum Gasteiger partial charge on any atom is 0.211 e. The number of benzene rings is 1. The van der Waals surface area contributed by atoms with Crippen molar-refractivity contribution >= 4 is 15.7 Å². The average molecular weight is 284 g/mol. The van der Waals surface area contributed by atoms with E-state index < -0.39 is 10.0 Å². The first-order valence-electron chi connectivity index (χ1n) is 6.45. The number of hydrogen-bond acceptors (Lipinski definition) is 4. The maximum absolute atomic E-state index is 11.8. The number of hydrogen-bond donors (Lipinski definition) is 2. The molecule has 0 bridgehead atoms. The molecule has 2 rings (SSSR count). The summed E-state index contributed by atoms with van der Waals surface area (Å²) >= 11 is 0. The van der Waals surface area contributed by atoms with E-state index in [9.17, 15) is 8.42 Å². The fourth-order valence-electron chi connectivity index (χ4n) is 2.12. The second-order valence-corrected chi connectivity index (χ2v) is 6.75. The van der Waals surface area contributed by atoms with Gasteiger partial charge in [-0.3, -0.25) is 0 Å². The average Bonchev–Trinajstić information content (AvgIpc) is 2.83. The van der Waals surface area contributed by atoms with Gasteiger partial charge in [0.15, 0.2) is 0 Å². The molecule has 1 aliphatic heterocycles. The van der Waals surface area contributed by atoms with Crippen molar-refractivity contribution < 1.29 is 13.2 Å². The van der Waals surface area contributed by atoms with Crippen LogP contribution in [0.25, 0.3) is 0 Å². The highest BCUT2D eigenvalue weighted by atomic mass is 32.2. The molecule has 0 saturated carbocycles. The molecule has 1 fully saturated rings. The van der Waals surface area contributed by atoms with Gasteiger partial charge < -0.3 is 10.5 Å². The van der Waals surface area contributed by atoms with Crippen LogP contribution in [-0.2, 0) is 21.2 Å². The summed E-state index contributed by atoms with van der Waals surface area (Å²) in [5.74, 6) is 0.295. The Bertz CT molecular complexity index is 493. The molecule has 106 valence electrons. The van der Waals surface area contributed by atoms with E-state index in [2.05, 4.69) is 4.72 Å². The van der Waals surface area contributed by atoms with E-state index in [-0.39, 0.29) is 11.7 Å². The Morgan fingerprint density at radius 1 is 1.32 bits per heavy atom. The molecule has 0 radical (unpaired) electrons. The van der Waals surface area contributed by atoms with Crippen LogP contribution in [-0.4, -0.2) is 33.9 Å². The zero-order valence-corrected chi connectivity index (χ0v) is 11.7. The lowest BCUT2D eigenvalue weighted by Crippen LogP contribution is -2.31. The topological polar surface area (TPSA) is 81.4 Å². The van der Waals surface area contributed by atoms with E-state index in [1.807, 2.05) is 24.3 Å². The number of anilines is 1. The smallest absolute Gasteiger partial charge is 0.211 e. The molecule has 1 atom stereocenters. The number of nitrogens with two attached hydrogens (primary N) is 1. The molecule has 0 spiro atoms. The van der Waals surface area contributed by atoms with Crippen LogP contribution in [0.4, 0.5) is 5.69 Å². The summed E-state index contributed by atoms with van der Waals surface area (Å²) in [6, 6.07) is 7.46. The molecule has 5 nitrogen and oxygen atoms in total. The van der Waals surface area contributed by atoms with Crippen LogP contribution in [0, 0.1) is 5.92 Å². The van der Waals surface area contributed by atoms with E-state index in [0.29, 0.717) is 31.9 Å². The van der Waals surface area contributed by atoms with Gasteiger partial charge in [-0.25, -0.2) is 13.1 Å². The lowest BCUT2D eigenvalue weighted by molar-refractivity contribution is 0.188. The van der Waals surface area contributed by atoms with Gasteiger partial charge in [-0.05, 0) is 36.5 Å². The summed E-state index contributed by atoms with van der Waals surface area (Å²) in [6.07, 6.45) is 1.50. The fourth-order valence-corrected chi connectivity index (χ4v) is 3.53. The fraction of sp³-hybridized carbons (Fsp3) is 0.538. The summed E-state index contributed by atoms with van der Waals surface area (Å²) in [4.78, 5) is 0. The van der Waals surface area contributed by atoms with E-state index in [0.717, 1.165) is 12.0 Å². The molecule has 0 amide bonds. The number of ether oxygens (including phenoxy) is 1. The largest absolute Gasteiger partial charge is 0.399 e. The summed E-state index contributed by atoms with van der Waals surface area (Å²) in [6.45, 7) is 1.64. The summed E-state index contributed by atoms with van der Waals surface area (Å²) < 4.78 is 31.5. The van der Waals surface area contributed by atoms with Gasteiger partial charge in [-0.1, -0.05) is 12.1 Å². The van der Waals surface area contributed by atoms with Crippen LogP contribution in [0.15, 0.2) is 24.3 Å². The molecule has 1 aromatic rings. The predicted molar refractivity (Wildman–Crippen MR) is 75.3 cm³/mol. The van der Waals surface area contributed by atoms with Crippen molar-refractivity contribution in [2.24, 2.45) is 5.92 Å². The van der Waals surface area contributed by atoms with E-state index >= 15 is 0 Å². The van der Waals surface area contributed by atoms with Crippen molar-refractivity contribution in [1.29, 1.82) is 0 Å². The standard InChI is InChI=1S/C13H20N2O3S/c14-13-3-1-11(2-4-13)5-7-15-19(16,17)10-12-6-8-18-9-12/h1-4,12,15H,5-10,14H2. The molecule has 0 aromatic heterocycles. The SMILES string of the molecule is Nc1ccc(CCNS(=O)(=O)CC2CCOC2)cc1. The molecular weight excluding hydrogens is 264 g/mol. The Morgan fingerprint density at radius 2 is 2.05 bits per heavy atom. The number of sulfonamides is 1. The molecule has 19 heavy (non-hydrogen) atoms. The summed E-state index contributed by atoms with van der Waals surface area (Å²) in [5.41, 5.74) is 7.38. The second-order valence-electron chi connectivity index (χ2n) is 4.90. The Labute approximate surface area is 114 Å². The van der Waals surface area contributed by atoms with Gasteiger partial charge in [-0.15, -0.1) is 0 Å². The van der Waals surface area contributed by atoms with Crippen LogP contribution in [0.3, 0.4) is 0 Å². The Hall–Kier alpha value is -1.11. The molecule has 1 saturated heterocycles. The van der Waals surface area contributed by atoms with Crippen LogP contribution in [0.5, 0.6) is 0 Å². The Morgan fingerprint density at radius 3 is 2.68 bits per heavy atom. The first-order chi connectivity index (χ1) is 9.05. The van der Waals surface area contributed by atoms with E-state index in [4.69, 9.17) is 10.5 Å². The second kappa shape index (κ2) is 6.36. The molecule has 6 heteroatoms. The molecular formula is C13H20N2O3S. The summed E-state index contributed by atoms with van der Waals surface area (Å²) in [5, 5.41) is 0. The molecule has 1 aliphatic rings. The minimum atomic E-state index is -3.20. The quantitative estimate of drug-likeness (QED) is 0.756. The minimum Gasteiger partial charge on any atom is -0.399 e. The lowest BCUT2D eigenvalue weighted by atomic mass is 10.1. The highest BCUT2D eigenvalue weighted by Crippen LogP contribution is 2.14. The zero-order valence-electron chi connectivity index (χ0n) is 10.8. The number of nitrogens with one attached hydrogen (secondary N) is 1. The van der Waals surface area contributed by atoms with Crippen molar-refractivity contribution in [3.63, 3.8) is 0 Å². The van der Waals surface area contributed by atoms with Crippen LogP contribution in [0.2, 0.25) is 0 Å². The number of nitrogen functional groups attached to an aromatic ring is 1. The van der Waals surface area contributed by atoms with Gasteiger partial charge in [0.25, 0.3) is 0 Å². The van der Waals surface area contributed by atoms with Crippen LogP contribution < -0.4 is 10.5 Å². The first kappa shape index (κ1) is 14.3. The van der Waals surface area contributed by atoms with Crippen molar-refractivity contribution in [2.45, 2.75) is 12.8 Å². The van der Waals surface area contributed by atoms with Gasteiger partial charge in [0.2, 0.25) is 10.0 Å². The Kier molecular flexibility index (Phi) is 4.79. The predicted octanol–water partition coefficient (Wildman–Crippen LogP) is 0.767. The molecule has 0 aliphatic carbocycles. The van der Waals surface area contributed by atoms with Crippen molar-refractivity contribution in [1.82, 2.24) is 4.72 Å². The monoisotopic (exact) mass is 284 g/mol. The maximum atomic E-state index is 11.8. The van der Waals surface area contributed by atoms with Crippen LogP contribution >= 0.6 is 0 Å². The number of rotatable bonds is 6. The van der Waals surface area contributed by atoms with Crippen molar-refractivity contribution in [3.8, 4) is 0 Å². The van der Waals surface area contributed by atoms with Crippen molar-refractivity contribution in [3.05, 3.63) is 29.8 Å². The third kappa shape index (κ3) is 4.81. The van der Waals surface area contributed by atoms with Crippen molar-refractivity contribution in [2.75, 3.05) is 31.2 Å². The summed E-state index contributed by atoms with van der Waals surface area (Å²) in [7, 11) is -3.20. The van der Waals surface area contributed by atoms with Gasteiger partial charge in [0.05, 0.1) is 12.4 Å². The van der Waals surface area contributed by atoms with E-state index in [1.54, 1.807) is 0 Å². The van der Waals surface area contributed by atoms with E-state index in [1.165, 1.54) is 0 Å². The van der Waals surface area contributed by atoms with Gasteiger partial charge in [0, 0.05) is 18.8 Å². The third-order valence-electron chi connectivity index (χ3n) is 3.19. The molecule has 1 unspecified atom stereocenters.